The van der Waals surface area contributed by atoms with E-state index in [9.17, 15) is 10.1 Å². The van der Waals surface area contributed by atoms with E-state index in [1.807, 2.05) is 60.7 Å². The van der Waals surface area contributed by atoms with Crippen molar-refractivity contribution in [2.24, 2.45) is 0 Å². The lowest BCUT2D eigenvalue weighted by molar-refractivity contribution is -0.384. The van der Waals surface area contributed by atoms with Crippen LogP contribution in [0.3, 0.4) is 0 Å². The van der Waals surface area contributed by atoms with E-state index in [0.717, 1.165) is 11.4 Å². The smallest absolute Gasteiger partial charge is 0.312 e. The number of aromatic nitrogens is 1. The number of anilines is 4. The third-order valence-corrected chi connectivity index (χ3v) is 3.56. The normalized spacial score (nSPS) is 10.2. The number of nitrogens with one attached hydrogen (secondary N) is 1. The van der Waals surface area contributed by atoms with Crippen molar-refractivity contribution in [2.45, 2.75) is 0 Å². The summed E-state index contributed by atoms with van der Waals surface area (Å²) in [5.74, 6) is 0.830. The molecule has 24 heavy (non-hydrogen) atoms. The van der Waals surface area contributed by atoms with Gasteiger partial charge in [-0.1, -0.05) is 36.4 Å². The van der Waals surface area contributed by atoms with E-state index in [4.69, 9.17) is 0 Å². The predicted molar refractivity (Wildman–Crippen MR) is 95.1 cm³/mol. The maximum Gasteiger partial charge on any atom is 0.312 e. The fourth-order valence-electron chi connectivity index (χ4n) is 2.34. The summed E-state index contributed by atoms with van der Waals surface area (Å²) < 4.78 is 0. The molecular formula is C18H16N4O2. The van der Waals surface area contributed by atoms with Crippen LogP contribution >= 0.6 is 0 Å². The van der Waals surface area contributed by atoms with Gasteiger partial charge in [-0.05, 0) is 30.3 Å². The van der Waals surface area contributed by atoms with E-state index < -0.39 is 4.92 Å². The van der Waals surface area contributed by atoms with E-state index in [1.54, 1.807) is 18.0 Å². The molecule has 0 aliphatic rings. The lowest BCUT2D eigenvalue weighted by Gasteiger charge is -2.19. The van der Waals surface area contributed by atoms with Crippen molar-refractivity contribution in [3.05, 3.63) is 82.9 Å². The van der Waals surface area contributed by atoms with Crippen LogP contribution < -0.4 is 10.2 Å². The summed E-state index contributed by atoms with van der Waals surface area (Å²) in [6.07, 6.45) is 0. The Bertz CT molecular complexity index is 838. The van der Waals surface area contributed by atoms with Crippen LogP contribution in [0.1, 0.15) is 0 Å². The Balaban J connectivity index is 1.99. The molecule has 3 rings (SSSR count). The van der Waals surface area contributed by atoms with Gasteiger partial charge in [-0.25, -0.2) is 4.98 Å². The highest BCUT2D eigenvalue weighted by Gasteiger charge is 2.20. The van der Waals surface area contributed by atoms with Gasteiger partial charge in [-0.2, -0.15) is 0 Å². The summed E-state index contributed by atoms with van der Waals surface area (Å²) in [7, 11) is 1.76. The van der Waals surface area contributed by atoms with Gasteiger partial charge in [0.15, 0.2) is 0 Å². The Hall–Kier alpha value is -3.41. The van der Waals surface area contributed by atoms with Gasteiger partial charge in [0.1, 0.15) is 5.82 Å². The molecule has 6 nitrogen and oxygen atoms in total. The van der Waals surface area contributed by atoms with Crippen molar-refractivity contribution in [1.29, 1.82) is 0 Å². The molecule has 3 aromatic rings. The van der Waals surface area contributed by atoms with Crippen molar-refractivity contribution in [3.8, 4) is 0 Å². The predicted octanol–water partition coefficient (Wildman–Crippen LogP) is 4.50. The first kappa shape index (κ1) is 15.5. The minimum atomic E-state index is -0.423. The van der Waals surface area contributed by atoms with Crippen LogP contribution in [0, 0.1) is 10.1 Å². The van der Waals surface area contributed by atoms with E-state index >= 15 is 0 Å². The molecular weight excluding hydrogens is 304 g/mol. The zero-order valence-corrected chi connectivity index (χ0v) is 13.1. The fourth-order valence-corrected chi connectivity index (χ4v) is 2.34. The third kappa shape index (κ3) is 3.33. The number of hydrogen-bond donors (Lipinski definition) is 1. The summed E-state index contributed by atoms with van der Waals surface area (Å²) >= 11 is 0. The second-order valence-corrected chi connectivity index (χ2v) is 5.18. The number of pyridine rings is 1. The highest BCUT2D eigenvalue weighted by atomic mass is 16.6. The molecule has 0 saturated heterocycles. The van der Waals surface area contributed by atoms with Gasteiger partial charge in [0.25, 0.3) is 0 Å². The maximum atomic E-state index is 11.3. The SMILES string of the molecule is CN(c1ccccc1)c1nc(Nc2ccccc2)ccc1[N+](=O)[O-]. The molecule has 0 fully saturated rings. The Morgan fingerprint density at radius 2 is 1.58 bits per heavy atom. The van der Waals surface area contributed by atoms with Crippen molar-refractivity contribution < 1.29 is 4.92 Å². The molecule has 0 aliphatic carbocycles. The molecule has 0 amide bonds. The molecule has 0 aliphatic heterocycles. The molecule has 0 radical (unpaired) electrons. The third-order valence-electron chi connectivity index (χ3n) is 3.56. The number of rotatable bonds is 5. The lowest BCUT2D eigenvalue weighted by atomic mass is 10.2. The maximum absolute atomic E-state index is 11.3. The molecule has 0 spiro atoms. The van der Waals surface area contributed by atoms with Crippen LogP contribution in [0.5, 0.6) is 0 Å². The van der Waals surface area contributed by atoms with E-state index in [-0.39, 0.29) is 11.5 Å². The highest BCUT2D eigenvalue weighted by Crippen LogP contribution is 2.32. The van der Waals surface area contributed by atoms with Gasteiger partial charge in [0, 0.05) is 24.5 Å². The molecule has 1 heterocycles. The summed E-state index contributed by atoms with van der Waals surface area (Å²) in [5, 5.41) is 14.5. The second kappa shape index (κ2) is 6.78. The second-order valence-electron chi connectivity index (χ2n) is 5.18. The van der Waals surface area contributed by atoms with Crippen molar-refractivity contribution >= 4 is 28.7 Å². The molecule has 0 saturated carbocycles. The average molecular weight is 320 g/mol. The molecule has 6 heteroatoms. The Morgan fingerprint density at radius 1 is 0.958 bits per heavy atom. The summed E-state index contributed by atoms with van der Waals surface area (Å²) in [5.41, 5.74) is 1.65. The minimum Gasteiger partial charge on any atom is -0.340 e. The summed E-state index contributed by atoms with van der Waals surface area (Å²) in [6.45, 7) is 0. The quantitative estimate of drug-likeness (QED) is 0.553. The number of nitro groups is 1. The molecule has 120 valence electrons. The average Bonchev–Trinajstić information content (AvgIpc) is 2.62. The van der Waals surface area contributed by atoms with Gasteiger partial charge in [0.05, 0.1) is 4.92 Å². The minimum absolute atomic E-state index is 0.0417. The van der Waals surface area contributed by atoms with Gasteiger partial charge in [-0.15, -0.1) is 0 Å². The first-order valence-electron chi connectivity index (χ1n) is 7.41. The van der Waals surface area contributed by atoms with Crippen LogP contribution in [0.25, 0.3) is 0 Å². The molecule has 1 aromatic heterocycles. The van der Waals surface area contributed by atoms with E-state index in [2.05, 4.69) is 10.3 Å². The van der Waals surface area contributed by atoms with Gasteiger partial charge in [-0.3, -0.25) is 10.1 Å². The van der Waals surface area contributed by atoms with Gasteiger partial charge in [0.2, 0.25) is 5.82 Å². The van der Waals surface area contributed by atoms with Crippen molar-refractivity contribution in [1.82, 2.24) is 4.98 Å². The van der Waals surface area contributed by atoms with Gasteiger partial charge >= 0.3 is 5.69 Å². The highest BCUT2D eigenvalue weighted by molar-refractivity contribution is 5.71. The van der Waals surface area contributed by atoms with Crippen LogP contribution in [-0.4, -0.2) is 17.0 Å². The lowest BCUT2D eigenvalue weighted by Crippen LogP contribution is -2.14. The van der Waals surface area contributed by atoms with Gasteiger partial charge < -0.3 is 10.2 Å². The van der Waals surface area contributed by atoms with Crippen LogP contribution in [0.15, 0.2) is 72.8 Å². The summed E-state index contributed by atoms with van der Waals surface area (Å²) in [4.78, 5) is 17.1. The monoisotopic (exact) mass is 320 g/mol. The fraction of sp³-hybridized carbons (Fsp3) is 0.0556. The molecule has 2 aromatic carbocycles. The van der Waals surface area contributed by atoms with Crippen LogP contribution in [0.2, 0.25) is 0 Å². The number of hydrogen-bond acceptors (Lipinski definition) is 5. The largest absolute Gasteiger partial charge is 0.340 e. The van der Waals surface area contributed by atoms with E-state index in [0.29, 0.717) is 5.82 Å². The molecule has 0 atom stereocenters. The topological polar surface area (TPSA) is 71.3 Å². The molecule has 0 unspecified atom stereocenters. The van der Waals surface area contributed by atoms with Crippen molar-refractivity contribution in [2.75, 3.05) is 17.3 Å². The Morgan fingerprint density at radius 3 is 2.21 bits per heavy atom. The Labute approximate surface area is 139 Å². The Kier molecular flexibility index (Phi) is 4.38. The number of benzene rings is 2. The zero-order valence-electron chi connectivity index (χ0n) is 13.1. The number of nitrogens with zero attached hydrogens (tertiary/aromatic N) is 3. The van der Waals surface area contributed by atoms with Crippen LogP contribution in [-0.2, 0) is 0 Å². The number of para-hydroxylation sites is 2. The van der Waals surface area contributed by atoms with E-state index in [1.165, 1.54) is 6.07 Å². The molecule has 0 bridgehead atoms. The standard InChI is InChI=1S/C18H16N4O2/c1-21(15-10-6-3-7-11-15)18-16(22(23)24)12-13-17(20-18)19-14-8-4-2-5-9-14/h2-13H,1H3,(H,19,20). The molecule has 1 N–H and O–H groups in total. The van der Waals surface area contributed by atoms with Crippen LogP contribution in [0.4, 0.5) is 28.7 Å². The first-order valence-corrected chi connectivity index (χ1v) is 7.41. The first-order chi connectivity index (χ1) is 11.6. The van der Waals surface area contributed by atoms with Crippen molar-refractivity contribution in [3.63, 3.8) is 0 Å². The summed E-state index contributed by atoms with van der Waals surface area (Å²) in [6, 6.07) is 22.0. The zero-order chi connectivity index (χ0) is 16.9.